The SMILES string of the molecule is COCCOc1cc(F)c2c(Nc3ccc(NC(=O)NCC4CCOCC4)cc3)ncnc2c1. The van der Waals surface area contributed by atoms with Crippen LogP contribution in [0.3, 0.4) is 0 Å². The molecule has 1 aromatic heterocycles. The fraction of sp³-hybridized carbons (Fsp3) is 0.375. The van der Waals surface area contributed by atoms with E-state index in [9.17, 15) is 9.18 Å². The van der Waals surface area contributed by atoms with E-state index in [-0.39, 0.29) is 11.4 Å². The van der Waals surface area contributed by atoms with E-state index in [0.29, 0.717) is 54.1 Å². The van der Waals surface area contributed by atoms with E-state index in [1.165, 1.54) is 12.4 Å². The largest absolute Gasteiger partial charge is 0.491 e. The molecule has 2 aromatic carbocycles. The summed E-state index contributed by atoms with van der Waals surface area (Å²) in [5, 5.41) is 9.10. The molecule has 0 unspecified atom stereocenters. The maximum Gasteiger partial charge on any atom is 0.319 e. The van der Waals surface area contributed by atoms with Crippen molar-refractivity contribution in [3.05, 3.63) is 48.5 Å². The van der Waals surface area contributed by atoms with Crippen LogP contribution in [0.15, 0.2) is 42.7 Å². The third-order valence-electron chi connectivity index (χ3n) is 5.52. The number of aromatic nitrogens is 2. The lowest BCUT2D eigenvalue weighted by Crippen LogP contribution is -2.35. The lowest BCUT2D eigenvalue weighted by molar-refractivity contribution is 0.0671. The van der Waals surface area contributed by atoms with Gasteiger partial charge in [0, 0.05) is 50.4 Å². The second kappa shape index (κ2) is 11.6. The lowest BCUT2D eigenvalue weighted by Gasteiger charge is -2.22. The minimum Gasteiger partial charge on any atom is -0.491 e. The highest BCUT2D eigenvalue weighted by Gasteiger charge is 2.15. The predicted octanol–water partition coefficient (Wildman–Crippen LogP) is 4.09. The van der Waals surface area contributed by atoms with Crippen molar-refractivity contribution >= 4 is 34.1 Å². The highest BCUT2D eigenvalue weighted by molar-refractivity contribution is 5.92. The van der Waals surface area contributed by atoms with Crippen molar-refractivity contribution in [3.8, 4) is 5.75 Å². The second-order valence-electron chi connectivity index (χ2n) is 7.96. The molecule has 1 aliphatic rings. The maximum absolute atomic E-state index is 14.8. The number of methoxy groups -OCH3 is 1. The monoisotopic (exact) mass is 469 g/mol. The Balaban J connectivity index is 1.37. The summed E-state index contributed by atoms with van der Waals surface area (Å²) in [6.07, 6.45) is 3.28. The quantitative estimate of drug-likeness (QED) is 0.405. The van der Waals surface area contributed by atoms with Gasteiger partial charge in [0.1, 0.15) is 30.3 Å². The molecular weight excluding hydrogens is 441 g/mol. The summed E-state index contributed by atoms with van der Waals surface area (Å²) in [4.78, 5) is 20.5. The van der Waals surface area contributed by atoms with Crippen molar-refractivity contribution in [3.63, 3.8) is 0 Å². The van der Waals surface area contributed by atoms with E-state index >= 15 is 0 Å². The minimum absolute atomic E-state index is 0.250. The van der Waals surface area contributed by atoms with Crippen LogP contribution in [0.5, 0.6) is 5.75 Å². The summed E-state index contributed by atoms with van der Waals surface area (Å²) in [6, 6.07) is 9.80. The molecule has 9 nitrogen and oxygen atoms in total. The average Bonchev–Trinajstić information content (AvgIpc) is 2.85. The first-order valence-electron chi connectivity index (χ1n) is 11.2. The summed E-state index contributed by atoms with van der Waals surface area (Å²) in [5.74, 6) is 0.660. The number of ether oxygens (including phenoxy) is 3. The van der Waals surface area contributed by atoms with Crippen LogP contribution in [0.2, 0.25) is 0 Å². The highest BCUT2D eigenvalue weighted by Crippen LogP contribution is 2.29. The molecule has 0 spiro atoms. The van der Waals surface area contributed by atoms with Gasteiger partial charge < -0.3 is 30.2 Å². The molecule has 3 aromatic rings. The molecule has 2 heterocycles. The molecule has 1 saturated heterocycles. The Kier molecular flexibility index (Phi) is 8.05. The topological polar surface area (TPSA) is 107 Å². The Bertz CT molecular complexity index is 1110. The molecule has 2 amide bonds. The second-order valence-corrected chi connectivity index (χ2v) is 7.96. The smallest absolute Gasteiger partial charge is 0.319 e. The van der Waals surface area contributed by atoms with Gasteiger partial charge in [-0.1, -0.05) is 0 Å². The van der Waals surface area contributed by atoms with Crippen LogP contribution in [0.1, 0.15) is 12.8 Å². The van der Waals surface area contributed by atoms with Gasteiger partial charge in [0.25, 0.3) is 0 Å². The fourth-order valence-corrected chi connectivity index (χ4v) is 3.68. The standard InChI is InChI=1S/C24H28FN5O4/c1-32-10-11-34-19-12-20(25)22-21(13-19)27-15-28-23(22)29-17-2-4-18(5-3-17)30-24(31)26-14-16-6-8-33-9-7-16/h2-5,12-13,15-16H,6-11,14H2,1H3,(H2,26,30,31)(H,27,28,29). The maximum atomic E-state index is 14.8. The van der Waals surface area contributed by atoms with Gasteiger partial charge in [0.2, 0.25) is 0 Å². The first-order valence-corrected chi connectivity index (χ1v) is 11.2. The van der Waals surface area contributed by atoms with Crippen molar-refractivity contribution in [2.45, 2.75) is 12.8 Å². The number of urea groups is 1. The number of fused-ring (bicyclic) bond motifs is 1. The molecule has 0 atom stereocenters. The molecule has 3 N–H and O–H groups in total. The predicted molar refractivity (Wildman–Crippen MR) is 127 cm³/mol. The molecule has 1 fully saturated rings. The van der Waals surface area contributed by atoms with Crippen LogP contribution in [0.4, 0.5) is 26.4 Å². The number of hydrogen-bond donors (Lipinski definition) is 3. The van der Waals surface area contributed by atoms with E-state index in [4.69, 9.17) is 14.2 Å². The molecular formula is C24H28FN5O4. The van der Waals surface area contributed by atoms with Gasteiger partial charge in [-0.2, -0.15) is 0 Å². The molecule has 4 rings (SSSR count). The number of nitrogens with one attached hydrogen (secondary N) is 3. The number of carbonyl (C=O) groups is 1. The number of carbonyl (C=O) groups excluding carboxylic acids is 1. The van der Waals surface area contributed by atoms with Crippen LogP contribution >= 0.6 is 0 Å². The number of halogens is 1. The number of anilines is 3. The zero-order chi connectivity index (χ0) is 23.8. The van der Waals surface area contributed by atoms with Gasteiger partial charge in [-0.3, -0.25) is 0 Å². The van der Waals surface area contributed by atoms with Crippen LogP contribution in [0, 0.1) is 11.7 Å². The van der Waals surface area contributed by atoms with Crippen molar-refractivity contribution in [2.24, 2.45) is 5.92 Å². The van der Waals surface area contributed by atoms with Crippen LogP contribution < -0.4 is 20.7 Å². The molecule has 0 aliphatic carbocycles. The van der Waals surface area contributed by atoms with E-state index in [2.05, 4.69) is 25.9 Å². The van der Waals surface area contributed by atoms with Crippen LogP contribution in [-0.4, -0.2) is 56.1 Å². The van der Waals surface area contributed by atoms with Gasteiger partial charge in [-0.25, -0.2) is 19.2 Å². The van der Waals surface area contributed by atoms with Crippen LogP contribution in [-0.2, 0) is 9.47 Å². The Morgan fingerprint density at radius 1 is 1.12 bits per heavy atom. The van der Waals surface area contributed by atoms with Gasteiger partial charge >= 0.3 is 6.03 Å². The third-order valence-corrected chi connectivity index (χ3v) is 5.52. The van der Waals surface area contributed by atoms with E-state index in [1.54, 1.807) is 37.4 Å². The first-order chi connectivity index (χ1) is 16.6. The van der Waals surface area contributed by atoms with E-state index < -0.39 is 5.82 Å². The highest BCUT2D eigenvalue weighted by atomic mass is 19.1. The number of hydrogen-bond acceptors (Lipinski definition) is 7. The van der Waals surface area contributed by atoms with Crippen molar-refractivity contribution in [1.82, 2.24) is 15.3 Å². The number of amides is 2. The Labute approximate surface area is 197 Å². The zero-order valence-electron chi connectivity index (χ0n) is 19.0. The number of benzene rings is 2. The summed E-state index contributed by atoms with van der Waals surface area (Å²) in [6.45, 7) is 2.83. The first kappa shape index (κ1) is 23.7. The molecule has 180 valence electrons. The molecule has 0 saturated carbocycles. The van der Waals surface area contributed by atoms with Crippen molar-refractivity contribution in [1.29, 1.82) is 0 Å². The summed E-state index contributed by atoms with van der Waals surface area (Å²) < 4.78 is 30.6. The fourth-order valence-electron chi connectivity index (χ4n) is 3.68. The van der Waals surface area contributed by atoms with E-state index in [1.807, 2.05) is 0 Å². The number of nitrogens with zero attached hydrogens (tertiary/aromatic N) is 2. The summed E-state index contributed by atoms with van der Waals surface area (Å²) in [5.41, 5.74) is 1.75. The van der Waals surface area contributed by atoms with Crippen molar-refractivity contribution < 1.29 is 23.4 Å². The summed E-state index contributed by atoms with van der Waals surface area (Å²) in [7, 11) is 1.57. The molecule has 0 bridgehead atoms. The zero-order valence-corrected chi connectivity index (χ0v) is 19.0. The average molecular weight is 470 g/mol. The molecule has 0 radical (unpaired) electrons. The third kappa shape index (κ3) is 6.30. The van der Waals surface area contributed by atoms with Gasteiger partial charge in [-0.15, -0.1) is 0 Å². The Hall–Kier alpha value is -3.50. The molecule has 1 aliphatic heterocycles. The van der Waals surface area contributed by atoms with Gasteiger partial charge in [0.05, 0.1) is 17.5 Å². The van der Waals surface area contributed by atoms with Gasteiger partial charge in [-0.05, 0) is 43.0 Å². The van der Waals surface area contributed by atoms with E-state index in [0.717, 1.165) is 26.1 Å². The Morgan fingerprint density at radius 2 is 1.88 bits per heavy atom. The minimum atomic E-state index is -0.493. The molecule has 10 heteroatoms. The van der Waals surface area contributed by atoms with Crippen LogP contribution in [0.25, 0.3) is 10.9 Å². The number of rotatable bonds is 9. The van der Waals surface area contributed by atoms with Gasteiger partial charge in [0.15, 0.2) is 0 Å². The lowest BCUT2D eigenvalue weighted by atomic mass is 10.0. The van der Waals surface area contributed by atoms with Crippen molar-refractivity contribution in [2.75, 3.05) is 50.7 Å². The normalized spacial score (nSPS) is 14.1. The molecule has 34 heavy (non-hydrogen) atoms. The summed E-state index contributed by atoms with van der Waals surface area (Å²) >= 11 is 0. The Morgan fingerprint density at radius 3 is 2.65 bits per heavy atom.